The molecular formula is C14H14F3NO6S. The summed E-state index contributed by atoms with van der Waals surface area (Å²) in [6.07, 6.45) is 3.85. The first-order chi connectivity index (χ1) is 11.5. The van der Waals surface area contributed by atoms with Crippen molar-refractivity contribution in [2.24, 2.45) is 11.8 Å². The SMILES string of the molecule is COC(=O)c1cn(C2CC2C2CC2)c(=O)cc1OS(=O)(=O)C(F)(F)F. The van der Waals surface area contributed by atoms with E-state index in [0.717, 1.165) is 32.6 Å². The van der Waals surface area contributed by atoms with Crippen molar-refractivity contribution in [1.82, 2.24) is 4.57 Å². The number of alkyl halides is 3. The lowest BCUT2D eigenvalue weighted by Gasteiger charge is -2.14. The third kappa shape index (κ3) is 3.37. The van der Waals surface area contributed by atoms with Crippen molar-refractivity contribution >= 4 is 16.1 Å². The van der Waals surface area contributed by atoms with Gasteiger partial charge in [-0.25, -0.2) is 4.79 Å². The molecule has 0 aliphatic heterocycles. The summed E-state index contributed by atoms with van der Waals surface area (Å²) in [5.41, 5.74) is -6.99. The highest BCUT2D eigenvalue weighted by Gasteiger charge is 2.50. The van der Waals surface area contributed by atoms with E-state index in [1.54, 1.807) is 0 Å². The van der Waals surface area contributed by atoms with E-state index in [0.29, 0.717) is 12.0 Å². The lowest BCUT2D eigenvalue weighted by molar-refractivity contribution is -0.0500. The fourth-order valence-corrected chi connectivity index (χ4v) is 3.31. The van der Waals surface area contributed by atoms with E-state index >= 15 is 0 Å². The summed E-state index contributed by atoms with van der Waals surface area (Å²) >= 11 is 0. The summed E-state index contributed by atoms with van der Waals surface area (Å²) in [6.45, 7) is 0. The van der Waals surface area contributed by atoms with Gasteiger partial charge in [0.05, 0.1) is 7.11 Å². The first kappa shape index (κ1) is 17.8. The van der Waals surface area contributed by atoms with E-state index in [2.05, 4.69) is 8.92 Å². The minimum atomic E-state index is -6.02. The van der Waals surface area contributed by atoms with Crippen LogP contribution in [0.5, 0.6) is 5.75 Å². The second-order valence-electron chi connectivity index (χ2n) is 6.08. The van der Waals surface area contributed by atoms with Crippen molar-refractivity contribution in [3.05, 3.63) is 28.2 Å². The van der Waals surface area contributed by atoms with Crippen molar-refractivity contribution in [1.29, 1.82) is 0 Å². The molecule has 11 heteroatoms. The largest absolute Gasteiger partial charge is 0.534 e. The molecule has 1 aromatic rings. The number of rotatable bonds is 5. The molecule has 0 saturated heterocycles. The van der Waals surface area contributed by atoms with E-state index < -0.39 is 38.5 Å². The minimum Gasteiger partial charge on any atom is -0.465 e. The normalized spacial score (nSPS) is 23.2. The average Bonchev–Trinajstić information content (AvgIpc) is 3.36. The monoisotopic (exact) mass is 381 g/mol. The topological polar surface area (TPSA) is 91.7 Å². The van der Waals surface area contributed by atoms with Crippen LogP contribution in [0.2, 0.25) is 0 Å². The summed E-state index contributed by atoms with van der Waals surface area (Å²) in [4.78, 5) is 24.0. The van der Waals surface area contributed by atoms with E-state index in [-0.39, 0.29) is 12.0 Å². The minimum absolute atomic E-state index is 0.156. The fraction of sp³-hybridized carbons (Fsp3) is 0.571. The number of nitrogens with zero attached hydrogens (tertiary/aromatic N) is 1. The average molecular weight is 381 g/mol. The van der Waals surface area contributed by atoms with Crippen molar-refractivity contribution in [3.8, 4) is 5.75 Å². The summed E-state index contributed by atoms with van der Waals surface area (Å²) in [6, 6.07) is 0.411. The number of carbonyl (C=O) groups is 1. The van der Waals surface area contributed by atoms with E-state index in [1.165, 1.54) is 4.57 Å². The van der Waals surface area contributed by atoms with Gasteiger partial charge < -0.3 is 13.5 Å². The Balaban J connectivity index is 1.99. The molecule has 2 unspecified atom stereocenters. The number of carbonyl (C=O) groups excluding carboxylic acids is 1. The van der Waals surface area contributed by atoms with Gasteiger partial charge in [-0.1, -0.05) is 0 Å². The van der Waals surface area contributed by atoms with Crippen LogP contribution in [0.25, 0.3) is 0 Å². The van der Waals surface area contributed by atoms with Gasteiger partial charge in [0.1, 0.15) is 5.56 Å². The molecule has 3 rings (SSSR count). The Morgan fingerprint density at radius 3 is 2.48 bits per heavy atom. The van der Waals surface area contributed by atoms with Gasteiger partial charge in [-0.3, -0.25) is 4.79 Å². The van der Waals surface area contributed by atoms with Gasteiger partial charge in [0, 0.05) is 18.3 Å². The maximum absolute atomic E-state index is 12.5. The van der Waals surface area contributed by atoms with Gasteiger partial charge in [-0.2, -0.15) is 21.6 Å². The molecule has 0 aromatic carbocycles. The van der Waals surface area contributed by atoms with E-state index in [1.807, 2.05) is 0 Å². The highest BCUT2D eigenvalue weighted by atomic mass is 32.2. The van der Waals surface area contributed by atoms with Gasteiger partial charge in [0.25, 0.3) is 5.56 Å². The number of halogens is 3. The maximum atomic E-state index is 12.5. The quantitative estimate of drug-likeness (QED) is 0.439. The molecule has 25 heavy (non-hydrogen) atoms. The Bertz CT molecular complexity index is 872. The zero-order valence-corrected chi connectivity index (χ0v) is 13.8. The first-order valence-corrected chi connectivity index (χ1v) is 8.81. The molecular weight excluding hydrogens is 367 g/mol. The van der Waals surface area contributed by atoms with Crippen molar-refractivity contribution in [2.45, 2.75) is 30.8 Å². The van der Waals surface area contributed by atoms with Crippen LogP contribution >= 0.6 is 0 Å². The Labute approximate surface area is 140 Å². The van der Waals surface area contributed by atoms with Gasteiger partial charge in [0.15, 0.2) is 5.75 Å². The lowest BCUT2D eigenvalue weighted by Crippen LogP contribution is -2.30. The number of hydrogen-bond donors (Lipinski definition) is 0. The molecule has 0 N–H and O–H groups in total. The maximum Gasteiger partial charge on any atom is 0.534 e. The zero-order chi connectivity index (χ0) is 18.6. The van der Waals surface area contributed by atoms with Crippen molar-refractivity contribution in [2.75, 3.05) is 7.11 Å². The molecule has 2 fully saturated rings. The highest BCUT2D eigenvalue weighted by molar-refractivity contribution is 7.88. The summed E-state index contributed by atoms with van der Waals surface area (Å²) in [5, 5.41) is 0. The molecule has 0 amide bonds. The van der Waals surface area contributed by atoms with Crippen LogP contribution in [-0.2, 0) is 14.9 Å². The standard InChI is InChI=1S/C14H14F3NO6S/c1-23-13(20)9-6-18(10-4-8(10)7-2-3-7)12(19)5-11(9)24-25(21,22)14(15,16)17/h5-8,10H,2-4H2,1H3. The molecule has 1 heterocycles. The first-order valence-electron chi connectivity index (χ1n) is 7.40. The molecule has 138 valence electrons. The third-order valence-corrected chi connectivity index (χ3v) is 5.29. The van der Waals surface area contributed by atoms with Gasteiger partial charge in [0.2, 0.25) is 0 Å². The molecule has 0 radical (unpaired) electrons. The van der Waals surface area contributed by atoms with Crippen LogP contribution in [0, 0.1) is 11.8 Å². The third-order valence-electron chi connectivity index (χ3n) is 4.32. The predicted octanol–water partition coefficient (Wildman–Crippen LogP) is 1.83. The van der Waals surface area contributed by atoms with Crippen LogP contribution < -0.4 is 9.74 Å². The van der Waals surface area contributed by atoms with Crippen LogP contribution in [0.4, 0.5) is 13.2 Å². The second-order valence-corrected chi connectivity index (χ2v) is 7.61. The van der Waals surface area contributed by atoms with Gasteiger partial charge >= 0.3 is 21.6 Å². The van der Waals surface area contributed by atoms with Crippen LogP contribution in [0.1, 0.15) is 35.7 Å². The molecule has 2 atom stereocenters. The Morgan fingerprint density at radius 1 is 1.32 bits per heavy atom. The molecule has 0 bridgehead atoms. The number of methoxy groups -OCH3 is 1. The number of aromatic nitrogens is 1. The Kier molecular flexibility index (Phi) is 4.09. The number of ether oxygens (including phenoxy) is 1. The summed E-state index contributed by atoms with van der Waals surface area (Å²) < 4.78 is 69.4. The summed E-state index contributed by atoms with van der Waals surface area (Å²) in [5.74, 6) is -1.31. The van der Waals surface area contributed by atoms with Gasteiger partial charge in [-0.05, 0) is 31.1 Å². The Hall–Kier alpha value is -2.04. The Morgan fingerprint density at radius 2 is 1.96 bits per heavy atom. The number of pyridine rings is 1. The smallest absolute Gasteiger partial charge is 0.465 e. The van der Waals surface area contributed by atoms with Crippen LogP contribution in [0.15, 0.2) is 17.1 Å². The molecule has 2 aliphatic carbocycles. The molecule has 2 saturated carbocycles. The predicted molar refractivity (Wildman–Crippen MR) is 77.5 cm³/mol. The number of hydrogen-bond acceptors (Lipinski definition) is 6. The molecule has 2 aliphatic rings. The van der Waals surface area contributed by atoms with E-state index in [9.17, 15) is 31.2 Å². The van der Waals surface area contributed by atoms with Crippen LogP contribution in [0.3, 0.4) is 0 Å². The fourth-order valence-electron chi connectivity index (χ4n) is 2.84. The van der Waals surface area contributed by atoms with Crippen molar-refractivity contribution in [3.63, 3.8) is 0 Å². The lowest BCUT2D eigenvalue weighted by atomic mass is 10.2. The van der Waals surface area contributed by atoms with E-state index in [4.69, 9.17) is 0 Å². The second kappa shape index (κ2) is 5.75. The van der Waals surface area contributed by atoms with Gasteiger partial charge in [-0.15, -0.1) is 0 Å². The van der Waals surface area contributed by atoms with Crippen molar-refractivity contribution < 1.29 is 35.3 Å². The summed E-state index contributed by atoms with van der Waals surface area (Å²) in [7, 11) is -5.04. The molecule has 0 spiro atoms. The zero-order valence-electron chi connectivity index (χ0n) is 12.9. The molecule has 1 aromatic heterocycles. The highest BCUT2D eigenvalue weighted by Crippen LogP contribution is 2.56. The van der Waals surface area contributed by atoms with Crippen LogP contribution in [-0.4, -0.2) is 31.6 Å². The molecule has 7 nitrogen and oxygen atoms in total. The number of esters is 1.